The van der Waals surface area contributed by atoms with Crippen LogP contribution in [-0.4, -0.2) is 15.8 Å². The summed E-state index contributed by atoms with van der Waals surface area (Å²) in [5, 5.41) is 7.94. The molecular weight excluding hydrogens is 256 g/mol. The first kappa shape index (κ1) is 13.7. The van der Waals surface area contributed by atoms with Gasteiger partial charge in [0.15, 0.2) is 5.11 Å². The Kier molecular flexibility index (Phi) is 5.03. The summed E-state index contributed by atoms with van der Waals surface area (Å²) in [6.07, 6.45) is 8.62. The lowest BCUT2D eigenvalue weighted by Gasteiger charge is -2.15. The molecule has 0 saturated heterocycles. The first-order valence-electron chi connectivity index (χ1n) is 6.47. The topological polar surface area (TPSA) is 49.3 Å². The smallest absolute Gasteiger partial charge is 0.191 e. The second-order valence-corrected chi connectivity index (χ2v) is 4.86. The van der Waals surface area contributed by atoms with E-state index in [0.29, 0.717) is 5.11 Å². The molecule has 0 aromatic carbocycles. The highest BCUT2D eigenvalue weighted by Crippen LogP contribution is 2.14. The van der Waals surface area contributed by atoms with Gasteiger partial charge in [0.2, 0.25) is 0 Å². The van der Waals surface area contributed by atoms with E-state index in [1.165, 1.54) is 18.5 Å². The Bertz CT molecular complexity index is 493. The number of thiocarbonyl (C=S) groups is 1. The number of hydrazone groups is 1. The number of nitrogens with zero attached hydrogens (tertiary/aromatic N) is 2. The summed E-state index contributed by atoms with van der Waals surface area (Å²) in [4.78, 5) is 4.23. The zero-order valence-corrected chi connectivity index (χ0v) is 11.8. The molecule has 0 amide bonds. The van der Waals surface area contributed by atoms with Crippen molar-refractivity contribution in [3.8, 4) is 0 Å². The van der Waals surface area contributed by atoms with Crippen LogP contribution < -0.4 is 10.7 Å². The van der Waals surface area contributed by atoms with Gasteiger partial charge < -0.3 is 5.32 Å². The van der Waals surface area contributed by atoms with Gasteiger partial charge in [-0.3, -0.25) is 10.4 Å². The van der Waals surface area contributed by atoms with E-state index >= 15 is 0 Å². The van der Waals surface area contributed by atoms with Gasteiger partial charge in [-0.25, -0.2) is 0 Å². The molecule has 1 heterocycles. The van der Waals surface area contributed by atoms with E-state index in [0.717, 1.165) is 24.2 Å². The normalized spacial score (nSPS) is 15.6. The molecule has 0 saturated carbocycles. The lowest BCUT2D eigenvalue weighted by Crippen LogP contribution is -2.32. The maximum Gasteiger partial charge on any atom is 0.191 e. The Morgan fingerprint density at radius 2 is 2.26 bits per heavy atom. The van der Waals surface area contributed by atoms with Gasteiger partial charge in [0.25, 0.3) is 0 Å². The number of hydrogen-bond acceptors (Lipinski definition) is 3. The Morgan fingerprint density at radius 1 is 1.37 bits per heavy atom. The quantitative estimate of drug-likeness (QED) is 0.505. The summed E-state index contributed by atoms with van der Waals surface area (Å²) >= 11 is 5.21. The third-order valence-corrected chi connectivity index (χ3v) is 3.12. The van der Waals surface area contributed by atoms with Crippen LogP contribution in [0.15, 0.2) is 41.3 Å². The van der Waals surface area contributed by atoms with Crippen molar-refractivity contribution >= 4 is 23.0 Å². The predicted molar refractivity (Wildman–Crippen MR) is 81.9 cm³/mol. The molecule has 1 aliphatic carbocycles. The third kappa shape index (κ3) is 4.44. The summed E-state index contributed by atoms with van der Waals surface area (Å²) < 4.78 is 0. The molecule has 0 atom stereocenters. The van der Waals surface area contributed by atoms with Crippen LogP contribution in [0.2, 0.25) is 0 Å². The molecule has 100 valence electrons. The SMILES string of the molecule is C/C(=N\NC(=S)NC1=CCCCC1)c1ccccn1. The second kappa shape index (κ2) is 6.99. The number of pyridine rings is 1. The van der Waals surface area contributed by atoms with Crippen molar-refractivity contribution in [3.05, 3.63) is 41.9 Å². The number of nitrogens with one attached hydrogen (secondary N) is 2. The number of allylic oxidation sites excluding steroid dienone is 2. The molecule has 4 nitrogen and oxygen atoms in total. The fourth-order valence-electron chi connectivity index (χ4n) is 1.89. The van der Waals surface area contributed by atoms with Crippen molar-refractivity contribution in [2.45, 2.75) is 32.6 Å². The van der Waals surface area contributed by atoms with Gasteiger partial charge in [-0.1, -0.05) is 12.1 Å². The van der Waals surface area contributed by atoms with E-state index in [4.69, 9.17) is 12.2 Å². The van der Waals surface area contributed by atoms with E-state index in [-0.39, 0.29) is 0 Å². The van der Waals surface area contributed by atoms with Crippen LogP contribution in [0.5, 0.6) is 0 Å². The predicted octanol–water partition coefficient (Wildman–Crippen LogP) is 2.73. The molecule has 1 aromatic heterocycles. The van der Waals surface area contributed by atoms with Crippen LogP contribution in [0.3, 0.4) is 0 Å². The number of hydrogen-bond donors (Lipinski definition) is 2. The molecule has 0 fully saturated rings. The highest BCUT2D eigenvalue weighted by Gasteiger charge is 2.05. The fourth-order valence-corrected chi connectivity index (χ4v) is 2.07. The minimum Gasteiger partial charge on any atom is -0.335 e. The Labute approximate surface area is 119 Å². The molecule has 2 N–H and O–H groups in total. The standard InChI is InChI=1S/C14H18N4S/c1-11(13-9-5-6-10-15-13)17-18-14(19)16-12-7-3-2-4-8-12/h5-7,9-10H,2-4,8H2,1H3,(H2,16,18,19)/b17-11+. The first-order valence-corrected chi connectivity index (χ1v) is 6.88. The van der Waals surface area contributed by atoms with Gasteiger partial charge in [0.1, 0.15) is 0 Å². The molecule has 2 rings (SSSR count). The molecule has 0 unspecified atom stereocenters. The van der Waals surface area contributed by atoms with Gasteiger partial charge in [-0.05, 0) is 57.0 Å². The lowest BCUT2D eigenvalue weighted by atomic mass is 10.1. The van der Waals surface area contributed by atoms with E-state index in [2.05, 4.69) is 26.9 Å². The van der Waals surface area contributed by atoms with Crippen molar-refractivity contribution in [2.75, 3.05) is 0 Å². The van der Waals surface area contributed by atoms with E-state index < -0.39 is 0 Å². The Morgan fingerprint density at radius 3 is 2.95 bits per heavy atom. The summed E-state index contributed by atoms with van der Waals surface area (Å²) in [5.74, 6) is 0. The fraction of sp³-hybridized carbons (Fsp3) is 0.357. The van der Waals surface area contributed by atoms with Crippen molar-refractivity contribution < 1.29 is 0 Å². The molecule has 0 bridgehead atoms. The minimum absolute atomic E-state index is 0.531. The maximum absolute atomic E-state index is 5.21. The van der Waals surface area contributed by atoms with Gasteiger partial charge in [-0.2, -0.15) is 5.10 Å². The van der Waals surface area contributed by atoms with Crippen molar-refractivity contribution in [1.82, 2.24) is 15.7 Å². The highest BCUT2D eigenvalue weighted by molar-refractivity contribution is 7.80. The monoisotopic (exact) mass is 274 g/mol. The molecule has 1 aliphatic rings. The lowest BCUT2D eigenvalue weighted by molar-refractivity contribution is 0.678. The zero-order chi connectivity index (χ0) is 13.5. The first-order chi connectivity index (χ1) is 9.25. The summed E-state index contributed by atoms with van der Waals surface area (Å²) in [6.45, 7) is 1.90. The van der Waals surface area contributed by atoms with Crippen LogP contribution in [0.4, 0.5) is 0 Å². The molecule has 5 heteroatoms. The average molecular weight is 274 g/mol. The summed E-state index contributed by atoms with van der Waals surface area (Å²) in [6, 6.07) is 5.73. The van der Waals surface area contributed by atoms with Crippen LogP contribution in [0.1, 0.15) is 38.3 Å². The maximum atomic E-state index is 5.21. The van der Waals surface area contributed by atoms with E-state index in [1.54, 1.807) is 6.20 Å². The van der Waals surface area contributed by atoms with Crippen LogP contribution >= 0.6 is 12.2 Å². The number of rotatable bonds is 3. The molecule has 19 heavy (non-hydrogen) atoms. The molecule has 0 aliphatic heterocycles. The van der Waals surface area contributed by atoms with Crippen molar-refractivity contribution in [3.63, 3.8) is 0 Å². The summed E-state index contributed by atoms with van der Waals surface area (Å²) in [5.41, 5.74) is 5.70. The van der Waals surface area contributed by atoms with Gasteiger partial charge >= 0.3 is 0 Å². The van der Waals surface area contributed by atoms with E-state index in [1.807, 2.05) is 25.1 Å². The zero-order valence-electron chi connectivity index (χ0n) is 11.0. The van der Waals surface area contributed by atoms with E-state index in [9.17, 15) is 0 Å². The van der Waals surface area contributed by atoms with Gasteiger partial charge in [0.05, 0.1) is 11.4 Å². The average Bonchev–Trinajstić information content (AvgIpc) is 2.47. The van der Waals surface area contributed by atoms with Crippen molar-refractivity contribution in [2.24, 2.45) is 5.10 Å². The Balaban J connectivity index is 1.87. The van der Waals surface area contributed by atoms with Crippen LogP contribution in [0.25, 0.3) is 0 Å². The third-order valence-electron chi connectivity index (χ3n) is 2.93. The second-order valence-electron chi connectivity index (χ2n) is 4.45. The molecule has 1 aromatic rings. The summed E-state index contributed by atoms with van der Waals surface area (Å²) in [7, 11) is 0. The molecule has 0 radical (unpaired) electrons. The van der Waals surface area contributed by atoms with Crippen LogP contribution in [0, 0.1) is 0 Å². The Hall–Kier alpha value is -1.75. The van der Waals surface area contributed by atoms with Gasteiger partial charge in [0, 0.05) is 11.9 Å². The van der Waals surface area contributed by atoms with Gasteiger partial charge in [-0.15, -0.1) is 0 Å². The largest absolute Gasteiger partial charge is 0.335 e. The highest BCUT2D eigenvalue weighted by atomic mass is 32.1. The molecule has 0 spiro atoms. The minimum atomic E-state index is 0.531. The van der Waals surface area contributed by atoms with Crippen LogP contribution in [-0.2, 0) is 0 Å². The van der Waals surface area contributed by atoms with Crippen molar-refractivity contribution in [1.29, 1.82) is 0 Å². The molecular formula is C14H18N4S. The number of aromatic nitrogens is 1.